The number of hydrogen-bond donors (Lipinski definition) is 3. The lowest BCUT2D eigenvalue weighted by molar-refractivity contribution is -0.000348. The fraction of sp³-hybridized carbons (Fsp3) is 0.526. The Kier molecular flexibility index (Phi) is 7.79. The molecule has 162 valence electrons. The molecule has 3 N–H and O–H groups in total. The van der Waals surface area contributed by atoms with Crippen molar-refractivity contribution in [2.45, 2.75) is 64.2 Å². The zero-order chi connectivity index (χ0) is 22.6. The molecular weight excluding hydrogens is 398 g/mol. The average Bonchev–Trinajstić information content (AvgIpc) is 2.51. The summed E-state index contributed by atoms with van der Waals surface area (Å²) in [7, 11) is 1.40. The highest BCUT2D eigenvalue weighted by Crippen LogP contribution is 2.35. The average molecular weight is 428 g/mol. The summed E-state index contributed by atoms with van der Waals surface area (Å²) < 4.78 is 16.0. The standard InChI is InChI=1S/C19H29N3O6S/c1-18(2,3)27-16(24)22(17(25)28-19(4,5)6)10-11-8-9-12(21-15(20)23)14(29)13(11)26-7/h8-9,29H,10H2,1-7H3,(H3,20,21,23). The van der Waals surface area contributed by atoms with Crippen molar-refractivity contribution in [2.24, 2.45) is 5.73 Å². The van der Waals surface area contributed by atoms with Crippen LogP contribution in [0.15, 0.2) is 17.0 Å². The lowest BCUT2D eigenvalue weighted by atomic mass is 10.1. The number of anilines is 1. The molecule has 0 fully saturated rings. The molecule has 0 saturated carbocycles. The van der Waals surface area contributed by atoms with E-state index in [4.69, 9.17) is 19.9 Å². The number of imide groups is 1. The van der Waals surface area contributed by atoms with Gasteiger partial charge in [-0.15, -0.1) is 12.6 Å². The number of carbonyl (C=O) groups is 3. The fourth-order valence-corrected chi connectivity index (χ4v) is 2.57. The van der Waals surface area contributed by atoms with Gasteiger partial charge in [0.1, 0.15) is 17.0 Å². The molecule has 0 atom stereocenters. The van der Waals surface area contributed by atoms with Crippen molar-refractivity contribution in [1.82, 2.24) is 4.90 Å². The number of rotatable bonds is 4. The number of amides is 4. The second kappa shape index (κ2) is 9.25. The number of thiol groups is 1. The minimum absolute atomic E-state index is 0.197. The summed E-state index contributed by atoms with van der Waals surface area (Å²) in [5, 5.41) is 2.42. The minimum atomic E-state index is -0.867. The van der Waals surface area contributed by atoms with Gasteiger partial charge < -0.3 is 25.3 Å². The van der Waals surface area contributed by atoms with Gasteiger partial charge in [-0.05, 0) is 47.6 Å². The summed E-state index contributed by atoms with van der Waals surface area (Å²) in [5.74, 6) is 0.261. The molecule has 1 aromatic rings. The zero-order valence-corrected chi connectivity index (χ0v) is 18.7. The number of ether oxygens (including phenoxy) is 3. The molecule has 0 aliphatic rings. The predicted molar refractivity (Wildman–Crippen MR) is 111 cm³/mol. The normalized spacial score (nSPS) is 11.4. The van der Waals surface area contributed by atoms with E-state index in [1.54, 1.807) is 47.6 Å². The van der Waals surface area contributed by atoms with Crippen molar-refractivity contribution in [2.75, 3.05) is 12.4 Å². The molecule has 1 rings (SSSR count). The first-order chi connectivity index (χ1) is 13.1. The summed E-state index contributed by atoms with van der Waals surface area (Å²) in [5.41, 5.74) is 4.29. The van der Waals surface area contributed by atoms with Crippen molar-refractivity contribution in [3.05, 3.63) is 17.7 Å². The van der Waals surface area contributed by atoms with Crippen LogP contribution < -0.4 is 15.8 Å². The molecule has 29 heavy (non-hydrogen) atoms. The number of nitrogens with two attached hydrogens (primary N) is 1. The molecule has 1 aromatic carbocycles. The Morgan fingerprint density at radius 2 is 1.52 bits per heavy atom. The van der Waals surface area contributed by atoms with Crippen molar-refractivity contribution in [3.8, 4) is 5.75 Å². The maximum atomic E-state index is 12.7. The second-order valence-corrected chi connectivity index (χ2v) is 8.64. The number of carbonyl (C=O) groups excluding carboxylic acids is 3. The number of primary amides is 1. The Morgan fingerprint density at radius 3 is 1.90 bits per heavy atom. The Balaban J connectivity index is 3.30. The highest BCUT2D eigenvalue weighted by Gasteiger charge is 2.32. The Hall–Kier alpha value is -2.62. The molecule has 0 spiro atoms. The van der Waals surface area contributed by atoms with Crippen LogP contribution in [0.1, 0.15) is 47.1 Å². The van der Waals surface area contributed by atoms with Gasteiger partial charge in [0.15, 0.2) is 0 Å². The first-order valence-corrected chi connectivity index (χ1v) is 9.28. The van der Waals surface area contributed by atoms with Crippen molar-refractivity contribution < 1.29 is 28.6 Å². The number of nitrogens with one attached hydrogen (secondary N) is 1. The van der Waals surface area contributed by atoms with Crippen LogP contribution in [-0.2, 0) is 16.0 Å². The van der Waals surface area contributed by atoms with Gasteiger partial charge >= 0.3 is 18.2 Å². The lowest BCUT2D eigenvalue weighted by Crippen LogP contribution is -2.43. The van der Waals surface area contributed by atoms with Gasteiger partial charge in [0.2, 0.25) is 0 Å². The zero-order valence-electron chi connectivity index (χ0n) is 17.8. The summed E-state index contributed by atoms with van der Waals surface area (Å²) in [6.07, 6.45) is -1.73. The van der Waals surface area contributed by atoms with Gasteiger partial charge in [-0.1, -0.05) is 6.07 Å². The highest BCUT2D eigenvalue weighted by atomic mass is 32.1. The van der Waals surface area contributed by atoms with E-state index in [0.29, 0.717) is 11.3 Å². The van der Waals surface area contributed by atoms with E-state index < -0.39 is 29.4 Å². The Labute approximate surface area is 176 Å². The SMILES string of the molecule is COc1c(CN(C(=O)OC(C)(C)C)C(=O)OC(C)(C)C)ccc(NC(N)=O)c1S. The summed E-state index contributed by atoms with van der Waals surface area (Å²) >= 11 is 4.35. The lowest BCUT2D eigenvalue weighted by Gasteiger charge is -2.29. The Morgan fingerprint density at radius 1 is 1.03 bits per heavy atom. The monoisotopic (exact) mass is 427 g/mol. The molecule has 0 saturated heterocycles. The van der Waals surface area contributed by atoms with Crippen molar-refractivity contribution in [3.63, 3.8) is 0 Å². The van der Waals surface area contributed by atoms with Crippen molar-refractivity contribution >= 4 is 36.5 Å². The first kappa shape index (κ1) is 24.4. The molecule has 9 nitrogen and oxygen atoms in total. The van der Waals surface area contributed by atoms with Gasteiger partial charge in [0.25, 0.3) is 0 Å². The van der Waals surface area contributed by atoms with Gasteiger partial charge in [-0.3, -0.25) is 0 Å². The smallest absolute Gasteiger partial charge is 0.420 e. The molecule has 10 heteroatoms. The third-order valence-electron chi connectivity index (χ3n) is 3.23. The van der Waals surface area contributed by atoms with Gasteiger partial charge in [0, 0.05) is 5.56 Å². The molecule has 0 aromatic heterocycles. The summed E-state index contributed by atoms with van der Waals surface area (Å²) in [6.45, 7) is 9.94. The molecule has 0 aliphatic heterocycles. The van der Waals surface area contributed by atoms with Crippen LogP contribution in [0.2, 0.25) is 0 Å². The number of benzene rings is 1. The van der Waals surface area contributed by atoms with Crippen LogP contribution in [0, 0.1) is 0 Å². The van der Waals surface area contributed by atoms with Crippen LogP contribution in [0.3, 0.4) is 0 Å². The summed E-state index contributed by atoms with van der Waals surface area (Å²) in [4.78, 5) is 37.6. The third kappa shape index (κ3) is 7.72. The van der Waals surface area contributed by atoms with E-state index in [0.717, 1.165) is 4.90 Å². The number of urea groups is 1. The van der Waals surface area contributed by atoms with Crippen molar-refractivity contribution in [1.29, 1.82) is 0 Å². The van der Waals surface area contributed by atoms with E-state index in [-0.39, 0.29) is 17.2 Å². The molecule has 4 amide bonds. The van der Waals surface area contributed by atoms with E-state index >= 15 is 0 Å². The maximum absolute atomic E-state index is 12.7. The first-order valence-electron chi connectivity index (χ1n) is 8.83. The maximum Gasteiger partial charge on any atom is 0.420 e. The molecule has 0 unspecified atom stereocenters. The third-order valence-corrected chi connectivity index (χ3v) is 3.68. The van der Waals surface area contributed by atoms with E-state index in [1.807, 2.05) is 0 Å². The van der Waals surface area contributed by atoms with Crippen LogP contribution >= 0.6 is 12.6 Å². The second-order valence-electron chi connectivity index (χ2n) is 8.19. The van der Waals surface area contributed by atoms with E-state index in [9.17, 15) is 14.4 Å². The molecule has 0 bridgehead atoms. The van der Waals surface area contributed by atoms with Gasteiger partial charge in [-0.2, -0.15) is 0 Å². The van der Waals surface area contributed by atoms with E-state index in [1.165, 1.54) is 13.2 Å². The summed E-state index contributed by atoms with van der Waals surface area (Å²) in [6, 6.07) is 2.35. The van der Waals surface area contributed by atoms with Gasteiger partial charge in [-0.25, -0.2) is 19.3 Å². The topological polar surface area (TPSA) is 120 Å². The number of nitrogens with zero attached hydrogens (tertiary/aromatic N) is 1. The Bertz CT molecular complexity index is 755. The number of hydrogen-bond acceptors (Lipinski definition) is 7. The predicted octanol–water partition coefficient (Wildman–Crippen LogP) is 4.15. The number of methoxy groups -OCH3 is 1. The fourth-order valence-electron chi connectivity index (χ4n) is 2.21. The largest absolute Gasteiger partial charge is 0.495 e. The van der Waals surface area contributed by atoms with Crippen LogP contribution in [-0.4, -0.2) is 41.4 Å². The van der Waals surface area contributed by atoms with Crippen LogP contribution in [0.4, 0.5) is 20.1 Å². The van der Waals surface area contributed by atoms with Crippen LogP contribution in [0.25, 0.3) is 0 Å². The molecule has 0 heterocycles. The highest BCUT2D eigenvalue weighted by molar-refractivity contribution is 7.80. The quantitative estimate of drug-likeness (QED) is 0.621. The molecule has 0 radical (unpaired) electrons. The van der Waals surface area contributed by atoms with Gasteiger partial charge in [0.05, 0.1) is 24.2 Å². The van der Waals surface area contributed by atoms with E-state index in [2.05, 4.69) is 17.9 Å². The minimum Gasteiger partial charge on any atom is -0.495 e. The molecule has 0 aliphatic carbocycles. The van der Waals surface area contributed by atoms with Crippen LogP contribution in [0.5, 0.6) is 5.75 Å². The molecular formula is C19H29N3O6S.